The minimum absolute atomic E-state index is 0.271. The van der Waals surface area contributed by atoms with Crippen LogP contribution in [0.25, 0.3) is 0 Å². The Bertz CT molecular complexity index is 352. The van der Waals surface area contributed by atoms with E-state index >= 15 is 0 Å². The molecule has 18 heavy (non-hydrogen) atoms. The molecular weight excluding hydrogens is 222 g/mol. The topological polar surface area (TPSA) is 23.5 Å². The van der Waals surface area contributed by atoms with Gasteiger partial charge in [0.1, 0.15) is 0 Å². The van der Waals surface area contributed by atoms with E-state index in [1.54, 1.807) is 0 Å². The molecule has 2 nitrogen and oxygen atoms in total. The molecule has 1 heterocycles. The molecule has 1 aromatic rings. The average Bonchev–Trinajstić information content (AvgIpc) is 2.90. The smallest absolute Gasteiger partial charge is 0.0449 e. The van der Waals surface area contributed by atoms with E-state index in [2.05, 4.69) is 43.0 Å². The Hall–Kier alpha value is -0.860. The van der Waals surface area contributed by atoms with Gasteiger partial charge in [0.25, 0.3) is 0 Å². The summed E-state index contributed by atoms with van der Waals surface area (Å²) in [5, 5.41) is 9.27. The Morgan fingerprint density at radius 3 is 2.11 bits per heavy atom. The third kappa shape index (κ3) is 3.12. The summed E-state index contributed by atoms with van der Waals surface area (Å²) in [6.07, 6.45) is 3.44. The van der Waals surface area contributed by atoms with Gasteiger partial charge in [-0.2, -0.15) is 0 Å². The van der Waals surface area contributed by atoms with Crippen molar-refractivity contribution in [2.45, 2.75) is 45.1 Å². The maximum atomic E-state index is 9.27. The molecule has 1 fully saturated rings. The molecule has 1 atom stereocenters. The minimum Gasteiger partial charge on any atom is -0.396 e. The molecule has 0 radical (unpaired) electrons. The first-order chi connectivity index (χ1) is 8.72. The Kier molecular flexibility index (Phi) is 4.79. The fourth-order valence-corrected chi connectivity index (χ4v) is 2.84. The van der Waals surface area contributed by atoms with Gasteiger partial charge in [-0.3, -0.25) is 4.90 Å². The second-order valence-electron chi connectivity index (χ2n) is 5.59. The van der Waals surface area contributed by atoms with Crippen LogP contribution in [0.1, 0.15) is 56.2 Å². The van der Waals surface area contributed by atoms with Crippen LogP contribution in [0.15, 0.2) is 24.3 Å². The van der Waals surface area contributed by atoms with Gasteiger partial charge in [0.05, 0.1) is 0 Å². The Balaban J connectivity index is 2.14. The molecule has 0 bridgehead atoms. The van der Waals surface area contributed by atoms with Crippen LogP contribution in [-0.4, -0.2) is 29.7 Å². The summed E-state index contributed by atoms with van der Waals surface area (Å²) in [7, 11) is 0. The SMILES string of the molecule is CC(C)c1ccc(C(CCO)N2CCCC2)cc1. The number of rotatable bonds is 5. The van der Waals surface area contributed by atoms with Gasteiger partial charge in [0.15, 0.2) is 0 Å². The van der Waals surface area contributed by atoms with Crippen molar-refractivity contribution < 1.29 is 5.11 Å². The number of aliphatic hydroxyl groups excluding tert-OH is 1. The molecular formula is C16H25NO. The van der Waals surface area contributed by atoms with Gasteiger partial charge < -0.3 is 5.11 Å². The van der Waals surface area contributed by atoms with Gasteiger partial charge in [-0.05, 0) is 49.4 Å². The van der Waals surface area contributed by atoms with E-state index < -0.39 is 0 Å². The Labute approximate surface area is 111 Å². The second kappa shape index (κ2) is 6.35. The van der Waals surface area contributed by atoms with Crippen molar-refractivity contribution in [3.8, 4) is 0 Å². The lowest BCUT2D eigenvalue weighted by Gasteiger charge is -2.27. The number of benzene rings is 1. The second-order valence-corrected chi connectivity index (χ2v) is 5.59. The summed E-state index contributed by atoms with van der Waals surface area (Å²) in [6, 6.07) is 9.36. The standard InChI is InChI=1S/C16H25NO/c1-13(2)14-5-7-15(8-6-14)16(9-12-18)17-10-3-4-11-17/h5-8,13,16,18H,3-4,9-12H2,1-2H3. The summed E-state index contributed by atoms with van der Waals surface area (Å²) >= 11 is 0. The largest absolute Gasteiger partial charge is 0.396 e. The highest BCUT2D eigenvalue weighted by Crippen LogP contribution is 2.28. The summed E-state index contributed by atoms with van der Waals surface area (Å²) in [4.78, 5) is 2.51. The molecule has 1 aliphatic rings. The fraction of sp³-hybridized carbons (Fsp3) is 0.625. The summed E-state index contributed by atoms with van der Waals surface area (Å²) in [6.45, 7) is 7.07. The first-order valence-corrected chi connectivity index (χ1v) is 7.17. The van der Waals surface area contributed by atoms with Crippen molar-refractivity contribution in [2.24, 2.45) is 0 Å². The quantitative estimate of drug-likeness (QED) is 0.862. The van der Waals surface area contributed by atoms with Gasteiger partial charge in [-0.1, -0.05) is 38.1 Å². The van der Waals surface area contributed by atoms with Crippen LogP contribution in [-0.2, 0) is 0 Å². The third-order valence-corrected chi connectivity index (χ3v) is 3.97. The Morgan fingerprint density at radius 1 is 1.06 bits per heavy atom. The van der Waals surface area contributed by atoms with Gasteiger partial charge in [-0.15, -0.1) is 0 Å². The first-order valence-electron chi connectivity index (χ1n) is 7.17. The van der Waals surface area contributed by atoms with E-state index in [1.165, 1.54) is 37.1 Å². The lowest BCUT2D eigenvalue weighted by atomic mass is 9.97. The molecule has 0 aliphatic carbocycles. The zero-order valence-corrected chi connectivity index (χ0v) is 11.6. The van der Waals surface area contributed by atoms with Crippen molar-refractivity contribution in [3.05, 3.63) is 35.4 Å². The minimum atomic E-state index is 0.271. The molecule has 0 spiro atoms. The average molecular weight is 247 g/mol. The predicted octanol–water partition coefficient (Wildman–Crippen LogP) is 3.33. The molecule has 1 N–H and O–H groups in total. The molecule has 2 heteroatoms. The van der Waals surface area contributed by atoms with E-state index in [9.17, 15) is 5.11 Å². The molecule has 100 valence electrons. The van der Waals surface area contributed by atoms with E-state index in [4.69, 9.17) is 0 Å². The van der Waals surface area contributed by atoms with Gasteiger partial charge >= 0.3 is 0 Å². The van der Waals surface area contributed by atoms with Crippen LogP contribution >= 0.6 is 0 Å². The number of hydrogen-bond acceptors (Lipinski definition) is 2. The first kappa shape index (κ1) is 13.6. The van der Waals surface area contributed by atoms with Crippen LogP contribution in [0.5, 0.6) is 0 Å². The number of likely N-dealkylation sites (tertiary alicyclic amines) is 1. The van der Waals surface area contributed by atoms with Crippen LogP contribution < -0.4 is 0 Å². The van der Waals surface area contributed by atoms with Crippen molar-refractivity contribution in [1.82, 2.24) is 4.90 Å². The lowest BCUT2D eigenvalue weighted by molar-refractivity contribution is 0.185. The van der Waals surface area contributed by atoms with Crippen LogP contribution in [0.3, 0.4) is 0 Å². The summed E-state index contributed by atoms with van der Waals surface area (Å²) in [5.41, 5.74) is 2.75. The number of hydrogen-bond donors (Lipinski definition) is 1. The number of aliphatic hydroxyl groups is 1. The number of nitrogens with zero attached hydrogens (tertiary/aromatic N) is 1. The highest BCUT2D eigenvalue weighted by molar-refractivity contribution is 5.27. The summed E-state index contributed by atoms with van der Waals surface area (Å²) < 4.78 is 0. The highest BCUT2D eigenvalue weighted by atomic mass is 16.3. The Morgan fingerprint density at radius 2 is 1.61 bits per heavy atom. The van der Waals surface area contributed by atoms with Gasteiger partial charge in [0, 0.05) is 12.6 Å². The summed E-state index contributed by atoms with van der Waals surface area (Å²) in [5.74, 6) is 0.585. The third-order valence-electron chi connectivity index (χ3n) is 3.97. The molecule has 1 aliphatic heterocycles. The molecule has 2 rings (SSSR count). The maximum absolute atomic E-state index is 9.27. The van der Waals surface area contributed by atoms with Gasteiger partial charge in [-0.25, -0.2) is 0 Å². The van der Waals surface area contributed by atoms with Crippen LogP contribution in [0, 0.1) is 0 Å². The van der Waals surface area contributed by atoms with E-state index in [0.717, 1.165) is 6.42 Å². The zero-order valence-electron chi connectivity index (χ0n) is 11.6. The van der Waals surface area contributed by atoms with Crippen molar-refractivity contribution in [3.63, 3.8) is 0 Å². The van der Waals surface area contributed by atoms with Crippen molar-refractivity contribution in [1.29, 1.82) is 0 Å². The van der Waals surface area contributed by atoms with E-state index in [-0.39, 0.29) is 6.61 Å². The van der Waals surface area contributed by atoms with Crippen LogP contribution in [0.4, 0.5) is 0 Å². The molecule has 1 unspecified atom stereocenters. The fourth-order valence-electron chi connectivity index (χ4n) is 2.84. The molecule has 0 saturated carbocycles. The maximum Gasteiger partial charge on any atom is 0.0449 e. The van der Waals surface area contributed by atoms with Crippen LogP contribution in [0.2, 0.25) is 0 Å². The zero-order chi connectivity index (χ0) is 13.0. The highest BCUT2D eigenvalue weighted by Gasteiger charge is 2.22. The normalized spacial score (nSPS) is 18.4. The van der Waals surface area contributed by atoms with E-state index in [0.29, 0.717) is 12.0 Å². The van der Waals surface area contributed by atoms with Gasteiger partial charge in [0.2, 0.25) is 0 Å². The monoisotopic (exact) mass is 247 g/mol. The van der Waals surface area contributed by atoms with Crippen molar-refractivity contribution in [2.75, 3.05) is 19.7 Å². The lowest BCUT2D eigenvalue weighted by Crippen LogP contribution is -2.26. The molecule has 0 amide bonds. The van der Waals surface area contributed by atoms with Crippen molar-refractivity contribution >= 4 is 0 Å². The predicted molar refractivity (Wildman–Crippen MR) is 75.8 cm³/mol. The molecule has 1 aromatic carbocycles. The molecule has 1 saturated heterocycles. The van der Waals surface area contributed by atoms with E-state index in [1.807, 2.05) is 0 Å². The molecule has 0 aromatic heterocycles.